The van der Waals surface area contributed by atoms with Gasteiger partial charge >= 0.3 is 13.1 Å². The molecule has 1 aliphatic heterocycles. The minimum Gasteiger partial charge on any atom is -0.464 e. The molecule has 0 saturated carbocycles. The van der Waals surface area contributed by atoms with Gasteiger partial charge in [-0.1, -0.05) is 24.3 Å². The zero-order chi connectivity index (χ0) is 18.1. The summed E-state index contributed by atoms with van der Waals surface area (Å²) in [4.78, 5) is 11.6. The van der Waals surface area contributed by atoms with Crippen LogP contribution in [0.15, 0.2) is 24.3 Å². The summed E-state index contributed by atoms with van der Waals surface area (Å²) in [5.41, 5.74) is 0.150. The second kappa shape index (κ2) is 6.84. The number of hydrogen-bond donors (Lipinski definition) is 2. The van der Waals surface area contributed by atoms with Crippen molar-refractivity contribution in [1.82, 2.24) is 0 Å². The Kier molecular flexibility index (Phi) is 5.39. The average molecular weight is 336 g/mol. The average Bonchev–Trinajstić information content (AvgIpc) is 2.74. The van der Waals surface area contributed by atoms with E-state index in [4.69, 9.17) is 14.0 Å². The first-order valence-corrected chi connectivity index (χ1v) is 8.07. The molecule has 6 nitrogen and oxygen atoms in total. The number of benzene rings is 1. The van der Waals surface area contributed by atoms with E-state index in [1.54, 1.807) is 25.1 Å². The molecule has 1 aromatic carbocycles. The minimum atomic E-state index is -1.64. The highest BCUT2D eigenvalue weighted by molar-refractivity contribution is 6.62. The lowest BCUT2D eigenvalue weighted by atomic mass is 9.78. The van der Waals surface area contributed by atoms with E-state index in [1.165, 1.54) is 0 Å². The molecule has 132 valence electrons. The van der Waals surface area contributed by atoms with Crippen LogP contribution in [0.3, 0.4) is 0 Å². The van der Waals surface area contributed by atoms with Crippen molar-refractivity contribution in [2.75, 3.05) is 6.61 Å². The molecule has 2 rings (SSSR count). The standard InChI is InChI=1S/C17H25BO6/c1-6-22-15(21)14(20)13(19)11-8-7-9-12(10-11)18-23-16(2,3)17(4,5)24-18/h7-10,13-14,19-20H,6H2,1-5H3. The van der Waals surface area contributed by atoms with E-state index in [2.05, 4.69) is 0 Å². The SMILES string of the molecule is CCOC(=O)C(O)C(O)c1cccc(B2OC(C)(C)C(C)(C)O2)c1. The van der Waals surface area contributed by atoms with E-state index in [1.807, 2.05) is 33.8 Å². The highest BCUT2D eigenvalue weighted by Gasteiger charge is 2.51. The van der Waals surface area contributed by atoms with Crippen LogP contribution in [0.4, 0.5) is 0 Å². The van der Waals surface area contributed by atoms with Gasteiger partial charge in [0, 0.05) is 0 Å². The van der Waals surface area contributed by atoms with Gasteiger partial charge in [-0.15, -0.1) is 0 Å². The zero-order valence-electron chi connectivity index (χ0n) is 14.8. The van der Waals surface area contributed by atoms with Gasteiger partial charge in [0.2, 0.25) is 0 Å². The van der Waals surface area contributed by atoms with E-state index in [-0.39, 0.29) is 6.61 Å². The number of aliphatic hydroxyl groups excluding tert-OH is 2. The van der Waals surface area contributed by atoms with Crippen molar-refractivity contribution < 1.29 is 29.1 Å². The lowest BCUT2D eigenvalue weighted by Crippen LogP contribution is -2.41. The molecule has 0 amide bonds. The Morgan fingerprint density at radius 2 is 1.79 bits per heavy atom. The van der Waals surface area contributed by atoms with Crippen LogP contribution in [0.5, 0.6) is 0 Å². The van der Waals surface area contributed by atoms with Gasteiger partial charge in [0.15, 0.2) is 6.10 Å². The molecule has 0 radical (unpaired) electrons. The second-order valence-electron chi connectivity index (χ2n) is 6.90. The van der Waals surface area contributed by atoms with Gasteiger partial charge in [0.1, 0.15) is 6.10 Å². The first kappa shape index (κ1) is 18.9. The van der Waals surface area contributed by atoms with Crippen LogP contribution in [0, 0.1) is 0 Å². The fraction of sp³-hybridized carbons (Fsp3) is 0.588. The Labute approximate surface area is 142 Å². The monoisotopic (exact) mass is 336 g/mol. The molecular formula is C17H25BO6. The smallest absolute Gasteiger partial charge is 0.464 e. The number of aliphatic hydroxyl groups is 2. The number of ether oxygens (including phenoxy) is 1. The highest BCUT2D eigenvalue weighted by Crippen LogP contribution is 2.36. The summed E-state index contributed by atoms with van der Waals surface area (Å²) in [6.45, 7) is 9.59. The van der Waals surface area contributed by atoms with Crippen molar-refractivity contribution in [2.45, 2.75) is 58.0 Å². The molecule has 0 bridgehead atoms. The Balaban J connectivity index is 2.19. The summed E-state index contributed by atoms with van der Waals surface area (Å²) in [7, 11) is -0.582. The molecule has 0 aliphatic carbocycles. The van der Waals surface area contributed by atoms with Crippen LogP contribution < -0.4 is 5.46 Å². The van der Waals surface area contributed by atoms with Gasteiger partial charge < -0.3 is 24.3 Å². The maximum Gasteiger partial charge on any atom is 0.494 e. The molecule has 0 aromatic heterocycles. The van der Waals surface area contributed by atoms with E-state index in [0.29, 0.717) is 11.0 Å². The maximum atomic E-state index is 11.6. The van der Waals surface area contributed by atoms with E-state index < -0.39 is 36.5 Å². The van der Waals surface area contributed by atoms with Crippen LogP contribution in [-0.4, -0.2) is 47.2 Å². The third kappa shape index (κ3) is 3.64. The predicted molar refractivity (Wildman–Crippen MR) is 89.8 cm³/mol. The van der Waals surface area contributed by atoms with Crippen LogP contribution in [0.1, 0.15) is 46.3 Å². The fourth-order valence-corrected chi connectivity index (χ4v) is 2.41. The van der Waals surface area contributed by atoms with E-state index in [0.717, 1.165) is 0 Å². The van der Waals surface area contributed by atoms with Gasteiger partial charge in [-0.3, -0.25) is 0 Å². The Morgan fingerprint density at radius 3 is 2.33 bits per heavy atom. The van der Waals surface area contributed by atoms with Gasteiger partial charge in [-0.05, 0) is 45.6 Å². The Bertz CT molecular complexity index is 584. The van der Waals surface area contributed by atoms with Crippen molar-refractivity contribution in [3.05, 3.63) is 29.8 Å². The van der Waals surface area contributed by atoms with Gasteiger partial charge in [-0.2, -0.15) is 0 Å². The second-order valence-corrected chi connectivity index (χ2v) is 6.90. The molecule has 1 aromatic rings. The number of rotatable bonds is 5. The van der Waals surface area contributed by atoms with Crippen molar-refractivity contribution in [2.24, 2.45) is 0 Å². The summed E-state index contributed by atoms with van der Waals surface area (Å²) < 4.78 is 16.7. The molecule has 1 saturated heterocycles. The molecule has 2 N–H and O–H groups in total. The third-order valence-electron chi connectivity index (χ3n) is 4.60. The van der Waals surface area contributed by atoms with Crippen molar-refractivity contribution >= 4 is 18.6 Å². The molecule has 24 heavy (non-hydrogen) atoms. The molecule has 7 heteroatoms. The zero-order valence-corrected chi connectivity index (χ0v) is 14.8. The Morgan fingerprint density at radius 1 is 1.21 bits per heavy atom. The van der Waals surface area contributed by atoms with Crippen LogP contribution in [0.2, 0.25) is 0 Å². The quantitative estimate of drug-likeness (QED) is 0.615. The summed E-state index contributed by atoms with van der Waals surface area (Å²) in [6.07, 6.45) is -3.02. The molecular weight excluding hydrogens is 311 g/mol. The first-order chi connectivity index (χ1) is 11.1. The van der Waals surface area contributed by atoms with E-state index in [9.17, 15) is 15.0 Å². The number of carbonyl (C=O) groups is 1. The largest absolute Gasteiger partial charge is 0.494 e. The fourth-order valence-electron chi connectivity index (χ4n) is 2.41. The number of esters is 1. The lowest BCUT2D eigenvalue weighted by Gasteiger charge is -2.32. The van der Waals surface area contributed by atoms with Gasteiger partial charge in [-0.25, -0.2) is 4.79 Å². The molecule has 1 heterocycles. The topological polar surface area (TPSA) is 85.2 Å². The summed E-state index contributed by atoms with van der Waals surface area (Å²) in [5, 5.41) is 20.1. The van der Waals surface area contributed by atoms with E-state index >= 15 is 0 Å². The van der Waals surface area contributed by atoms with Crippen LogP contribution >= 0.6 is 0 Å². The molecule has 2 atom stereocenters. The normalized spacial score (nSPS) is 21.4. The van der Waals surface area contributed by atoms with Crippen molar-refractivity contribution in [1.29, 1.82) is 0 Å². The molecule has 1 fully saturated rings. The minimum absolute atomic E-state index is 0.135. The van der Waals surface area contributed by atoms with Crippen LogP contribution in [0.25, 0.3) is 0 Å². The third-order valence-corrected chi connectivity index (χ3v) is 4.60. The summed E-state index contributed by atoms with van der Waals surface area (Å²) in [6, 6.07) is 6.82. The van der Waals surface area contributed by atoms with Gasteiger partial charge in [0.25, 0.3) is 0 Å². The van der Waals surface area contributed by atoms with Crippen LogP contribution in [-0.2, 0) is 18.8 Å². The predicted octanol–water partition coefficient (Wildman–Crippen LogP) is 0.943. The summed E-state index contributed by atoms with van der Waals surface area (Å²) >= 11 is 0. The lowest BCUT2D eigenvalue weighted by molar-refractivity contribution is -0.159. The first-order valence-electron chi connectivity index (χ1n) is 8.07. The number of carbonyl (C=O) groups excluding carboxylic acids is 1. The molecule has 1 aliphatic rings. The molecule has 2 unspecified atom stereocenters. The van der Waals surface area contributed by atoms with Crippen molar-refractivity contribution in [3.63, 3.8) is 0 Å². The Hall–Kier alpha value is -1.41. The number of hydrogen-bond acceptors (Lipinski definition) is 6. The van der Waals surface area contributed by atoms with Gasteiger partial charge in [0.05, 0.1) is 17.8 Å². The van der Waals surface area contributed by atoms with Crippen molar-refractivity contribution in [3.8, 4) is 0 Å². The summed E-state index contributed by atoms with van der Waals surface area (Å²) in [5.74, 6) is -0.856. The highest BCUT2D eigenvalue weighted by atomic mass is 16.7. The maximum absolute atomic E-state index is 11.6. The molecule has 0 spiro atoms.